The van der Waals surface area contributed by atoms with Gasteiger partial charge in [0.1, 0.15) is 5.78 Å². The molecule has 0 bridgehead atoms. The molecule has 0 amide bonds. The normalized spacial score (nSPS) is 15.0. The Morgan fingerprint density at radius 1 is 1.12 bits per heavy atom. The molecule has 1 aliphatic heterocycles. The molecule has 2 aromatic heterocycles. The SMILES string of the molecule is CC(=O)C(C)(C)C.Cc1cnccc1-c1[nH]c2ccc(C3CCNCC3)cc2c1C(C)C. The zero-order valence-corrected chi connectivity index (χ0v) is 20.8. The summed E-state index contributed by atoms with van der Waals surface area (Å²) in [4.78, 5) is 18.4. The van der Waals surface area contributed by atoms with Crippen molar-refractivity contribution in [1.29, 1.82) is 0 Å². The molecule has 172 valence electrons. The van der Waals surface area contributed by atoms with E-state index in [0.717, 1.165) is 13.1 Å². The third-order valence-corrected chi connectivity index (χ3v) is 6.60. The first-order valence-corrected chi connectivity index (χ1v) is 11.9. The van der Waals surface area contributed by atoms with Crippen molar-refractivity contribution in [2.45, 2.75) is 73.1 Å². The van der Waals surface area contributed by atoms with Gasteiger partial charge in [-0.15, -0.1) is 0 Å². The van der Waals surface area contributed by atoms with Gasteiger partial charge in [0.15, 0.2) is 0 Å². The number of aromatic amines is 1. The lowest BCUT2D eigenvalue weighted by molar-refractivity contribution is -0.124. The lowest BCUT2D eigenvalue weighted by atomic mass is 9.88. The van der Waals surface area contributed by atoms with Crippen LogP contribution in [0.5, 0.6) is 0 Å². The van der Waals surface area contributed by atoms with E-state index in [2.05, 4.69) is 60.3 Å². The molecule has 1 saturated heterocycles. The Bertz CT molecular complexity index is 1070. The summed E-state index contributed by atoms with van der Waals surface area (Å²) in [6.45, 7) is 16.3. The average Bonchev–Trinajstić information content (AvgIpc) is 3.13. The monoisotopic (exact) mass is 433 g/mol. The van der Waals surface area contributed by atoms with Crippen LogP contribution >= 0.6 is 0 Å². The summed E-state index contributed by atoms with van der Waals surface area (Å²) in [7, 11) is 0. The molecule has 0 saturated carbocycles. The molecule has 1 aromatic carbocycles. The smallest absolute Gasteiger partial charge is 0.135 e. The maximum absolute atomic E-state index is 10.5. The van der Waals surface area contributed by atoms with Gasteiger partial charge in [-0.05, 0) is 86.5 Å². The highest BCUT2D eigenvalue weighted by Crippen LogP contribution is 2.38. The molecule has 1 aliphatic rings. The molecule has 4 nitrogen and oxygen atoms in total. The zero-order valence-electron chi connectivity index (χ0n) is 20.8. The molecule has 0 radical (unpaired) electrons. The number of ketones is 1. The molecule has 32 heavy (non-hydrogen) atoms. The third-order valence-electron chi connectivity index (χ3n) is 6.60. The van der Waals surface area contributed by atoms with Crippen LogP contribution in [0, 0.1) is 12.3 Å². The first-order valence-electron chi connectivity index (χ1n) is 11.9. The molecule has 0 unspecified atom stereocenters. The van der Waals surface area contributed by atoms with Gasteiger partial charge in [0, 0.05) is 34.3 Å². The van der Waals surface area contributed by atoms with E-state index in [4.69, 9.17) is 0 Å². The number of carbonyl (C=O) groups is 1. The maximum Gasteiger partial charge on any atom is 0.135 e. The molecule has 4 rings (SSSR count). The number of benzene rings is 1. The fraction of sp³-hybridized carbons (Fsp3) is 0.500. The Morgan fingerprint density at radius 3 is 2.34 bits per heavy atom. The van der Waals surface area contributed by atoms with Gasteiger partial charge in [-0.2, -0.15) is 0 Å². The Balaban J connectivity index is 0.000000360. The van der Waals surface area contributed by atoms with Crippen molar-refractivity contribution in [3.8, 4) is 11.3 Å². The molecule has 0 spiro atoms. The summed E-state index contributed by atoms with van der Waals surface area (Å²) >= 11 is 0. The topological polar surface area (TPSA) is 57.8 Å². The van der Waals surface area contributed by atoms with Gasteiger partial charge < -0.3 is 10.3 Å². The number of pyridine rings is 1. The van der Waals surface area contributed by atoms with Gasteiger partial charge in [-0.3, -0.25) is 9.78 Å². The predicted molar refractivity (Wildman–Crippen MR) is 135 cm³/mol. The predicted octanol–water partition coefficient (Wildman–Crippen LogP) is 6.75. The number of nitrogens with zero attached hydrogens (tertiary/aromatic N) is 1. The summed E-state index contributed by atoms with van der Waals surface area (Å²) in [5.41, 5.74) is 7.76. The highest BCUT2D eigenvalue weighted by molar-refractivity contribution is 5.92. The minimum atomic E-state index is -0.139. The van der Waals surface area contributed by atoms with Crippen molar-refractivity contribution < 1.29 is 4.79 Å². The van der Waals surface area contributed by atoms with Gasteiger partial charge in [0.25, 0.3) is 0 Å². The molecule has 0 aliphatic carbocycles. The minimum absolute atomic E-state index is 0.139. The summed E-state index contributed by atoms with van der Waals surface area (Å²) < 4.78 is 0. The van der Waals surface area contributed by atoms with E-state index in [1.807, 2.05) is 33.2 Å². The summed E-state index contributed by atoms with van der Waals surface area (Å²) in [5.74, 6) is 1.40. The number of aryl methyl sites for hydroxylation is 1. The lowest BCUT2D eigenvalue weighted by Gasteiger charge is -2.23. The highest BCUT2D eigenvalue weighted by atomic mass is 16.1. The van der Waals surface area contributed by atoms with Crippen LogP contribution in [-0.4, -0.2) is 28.8 Å². The molecule has 2 N–H and O–H groups in total. The second-order valence-corrected chi connectivity index (χ2v) is 10.4. The Morgan fingerprint density at radius 2 is 1.78 bits per heavy atom. The van der Waals surface area contributed by atoms with Crippen molar-refractivity contribution in [3.63, 3.8) is 0 Å². The Kier molecular flexibility index (Phi) is 7.55. The number of Topliss-reactive ketones (excluding diaryl/α,β-unsaturated/α-hetero) is 1. The molecule has 0 atom stereocenters. The maximum atomic E-state index is 10.5. The number of hydrogen-bond donors (Lipinski definition) is 2. The van der Waals surface area contributed by atoms with E-state index in [9.17, 15) is 4.79 Å². The van der Waals surface area contributed by atoms with Gasteiger partial charge >= 0.3 is 0 Å². The number of H-pyrrole nitrogens is 1. The Labute approximate surface area is 193 Å². The molecule has 3 aromatic rings. The van der Waals surface area contributed by atoms with Gasteiger partial charge in [0.2, 0.25) is 0 Å². The van der Waals surface area contributed by atoms with Crippen LogP contribution in [-0.2, 0) is 4.79 Å². The summed E-state index contributed by atoms with van der Waals surface area (Å²) in [6, 6.07) is 9.16. The number of carbonyl (C=O) groups excluding carboxylic acids is 1. The fourth-order valence-corrected chi connectivity index (χ4v) is 4.21. The third kappa shape index (κ3) is 5.47. The molecule has 4 heteroatoms. The molecule has 1 fully saturated rings. The van der Waals surface area contributed by atoms with Crippen LogP contribution in [0.4, 0.5) is 0 Å². The van der Waals surface area contributed by atoms with Crippen LogP contribution in [0.2, 0.25) is 0 Å². The van der Waals surface area contributed by atoms with E-state index < -0.39 is 0 Å². The lowest BCUT2D eigenvalue weighted by Crippen LogP contribution is -2.26. The standard InChI is InChI=1S/C22H27N3.C6H12O/c1-14(2)21-19-12-17(16-6-9-23-10-7-16)4-5-20(19)25-22(21)18-8-11-24-13-15(18)3;1-5(7)6(2,3)4/h4-5,8,11-14,16,23,25H,6-7,9-10H2,1-3H3;1-4H3. The number of rotatable bonds is 3. The molecular formula is C28H39N3O. The van der Waals surface area contributed by atoms with Gasteiger partial charge in [-0.1, -0.05) is 40.7 Å². The van der Waals surface area contributed by atoms with Crippen molar-refractivity contribution >= 4 is 16.7 Å². The van der Waals surface area contributed by atoms with Crippen molar-refractivity contribution in [2.24, 2.45) is 5.41 Å². The molecular weight excluding hydrogens is 394 g/mol. The molecule has 3 heterocycles. The Hall–Kier alpha value is -2.46. The fourth-order valence-electron chi connectivity index (χ4n) is 4.21. The largest absolute Gasteiger partial charge is 0.354 e. The van der Waals surface area contributed by atoms with Crippen LogP contribution in [0.15, 0.2) is 36.7 Å². The van der Waals surface area contributed by atoms with E-state index in [-0.39, 0.29) is 11.2 Å². The quantitative estimate of drug-likeness (QED) is 0.480. The van der Waals surface area contributed by atoms with E-state index in [0.29, 0.717) is 11.8 Å². The van der Waals surface area contributed by atoms with Crippen molar-refractivity contribution in [3.05, 3.63) is 53.3 Å². The van der Waals surface area contributed by atoms with E-state index in [1.165, 1.54) is 51.7 Å². The highest BCUT2D eigenvalue weighted by Gasteiger charge is 2.20. The zero-order chi connectivity index (χ0) is 23.5. The van der Waals surface area contributed by atoms with Crippen LogP contribution in [0.25, 0.3) is 22.2 Å². The average molecular weight is 434 g/mol. The number of aromatic nitrogens is 2. The number of nitrogens with one attached hydrogen (secondary N) is 2. The summed E-state index contributed by atoms with van der Waals surface area (Å²) in [6.07, 6.45) is 6.32. The van der Waals surface area contributed by atoms with Gasteiger partial charge in [-0.25, -0.2) is 0 Å². The number of fused-ring (bicyclic) bond motifs is 1. The van der Waals surface area contributed by atoms with E-state index >= 15 is 0 Å². The number of hydrogen-bond acceptors (Lipinski definition) is 3. The van der Waals surface area contributed by atoms with Crippen LogP contribution in [0.3, 0.4) is 0 Å². The second kappa shape index (κ2) is 9.99. The minimum Gasteiger partial charge on any atom is -0.354 e. The van der Waals surface area contributed by atoms with Crippen LogP contribution in [0.1, 0.15) is 82.9 Å². The summed E-state index contributed by atoms with van der Waals surface area (Å²) in [5, 5.41) is 4.86. The van der Waals surface area contributed by atoms with Gasteiger partial charge in [0.05, 0.1) is 5.69 Å². The van der Waals surface area contributed by atoms with E-state index in [1.54, 1.807) is 6.92 Å². The van der Waals surface area contributed by atoms with Crippen molar-refractivity contribution in [1.82, 2.24) is 15.3 Å². The second-order valence-electron chi connectivity index (χ2n) is 10.4. The van der Waals surface area contributed by atoms with Crippen LogP contribution < -0.4 is 5.32 Å². The van der Waals surface area contributed by atoms with Crippen molar-refractivity contribution in [2.75, 3.05) is 13.1 Å². The first kappa shape index (κ1) is 24.2. The number of piperidine rings is 1. The first-order chi connectivity index (χ1) is 15.1.